The number of H-pyrrole nitrogens is 1. The summed E-state index contributed by atoms with van der Waals surface area (Å²) in [4.78, 5) is 16.7. The van der Waals surface area contributed by atoms with Crippen molar-refractivity contribution in [2.24, 2.45) is 5.41 Å². The van der Waals surface area contributed by atoms with Crippen molar-refractivity contribution in [3.8, 4) is 0 Å². The molecular weight excluding hydrogens is 408 g/mol. The molecule has 1 saturated carbocycles. The molecule has 1 aliphatic heterocycles. The summed E-state index contributed by atoms with van der Waals surface area (Å²) in [6, 6.07) is 13.1. The molecule has 1 fully saturated rings. The van der Waals surface area contributed by atoms with Crippen LogP contribution in [0.1, 0.15) is 60.5 Å². The lowest BCUT2D eigenvalue weighted by molar-refractivity contribution is 0.185. The molecule has 0 saturated heterocycles. The van der Waals surface area contributed by atoms with E-state index in [9.17, 15) is 0 Å². The zero-order valence-electron chi connectivity index (χ0n) is 18.8. The number of aryl methyl sites for hydroxylation is 1. The number of aromatic amines is 1. The molecule has 1 aromatic carbocycles. The SMILES string of the molecule is c1ccc2c(c1)CC1(CCC(c3cnc4c(N5CCCc6ncccc65)n[nH]c4n3)CC1)C2. The number of hydrogen-bond donors (Lipinski definition) is 1. The summed E-state index contributed by atoms with van der Waals surface area (Å²) in [5.41, 5.74) is 8.64. The van der Waals surface area contributed by atoms with Gasteiger partial charge in [-0.15, -0.1) is 0 Å². The van der Waals surface area contributed by atoms with Crippen molar-refractivity contribution in [3.63, 3.8) is 0 Å². The first-order chi connectivity index (χ1) is 16.3. The van der Waals surface area contributed by atoms with E-state index in [1.165, 1.54) is 38.5 Å². The predicted molar refractivity (Wildman–Crippen MR) is 129 cm³/mol. The minimum absolute atomic E-state index is 0.467. The highest BCUT2D eigenvalue weighted by atomic mass is 15.3. The Morgan fingerprint density at radius 2 is 1.79 bits per heavy atom. The van der Waals surface area contributed by atoms with Gasteiger partial charge in [0.15, 0.2) is 17.0 Å². The minimum Gasteiger partial charge on any atom is -0.321 e. The lowest BCUT2D eigenvalue weighted by Gasteiger charge is -2.37. The van der Waals surface area contributed by atoms with Crippen molar-refractivity contribution in [3.05, 3.63) is 71.3 Å². The second-order valence-corrected chi connectivity index (χ2v) is 10.2. The Morgan fingerprint density at radius 3 is 2.61 bits per heavy atom. The van der Waals surface area contributed by atoms with Crippen molar-refractivity contribution in [2.45, 2.75) is 57.3 Å². The monoisotopic (exact) mass is 436 g/mol. The third-order valence-electron chi connectivity index (χ3n) is 8.19. The molecule has 4 aromatic rings. The molecule has 0 amide bonds. The Kier molecular flexibility index (Phi) is 4.29. The number of aromatic nitrogens is 5. The highest BCUT2D eigenvalue weighted by molar-refractivity contribution is 5.86. The van der Waals surface area contributed by atoms with Gasteiger partial charge in [-0.1, -0.05) is 24.3 Å². The van der Waals surface area contributed by atoms with E-state index in [1.807, 2.05) is 18.5 Å². The summed E-state index contributed by atoms with van der Waals surface area (Å²) in [5.74, 6) is 1.35. The smallest absolute Gasteiger partial charge is 0.183 e. The predicted octanol–water partition coefficient (Wildman–Crippen LogP) is 5.28. The number of benzene rings is 1. The molecule has 0 unspecified atom stereocenters. The minimum atomic E-state index is 0.467. The van der Waals surface area contributed by atoms with Crippen LogP contribution in [0.25, 0.3) is 11.2 Å². The molecule has 0 radical (unpaired) electrons. The van der Waals surface area contributed by atoms with E-state index in [-0.39, 0.29) is 0 Å². The van der Waals surface area contributed by atoms with E-state index >= 15 is 0 Å². The van der Waals surface area contributed by atoms with Crippen LogP contribution in [0, 0.1) is 5.41 Å². The highest BCUT2D eigenvalue weighted by Gasteiger charge is 2.40. The number of hydrogen-bond acceptors (Lipinski definition) is 5. The summed E-state index contributed by atoms with van der Waals surface area (Å²) in [7, 11) is 0. The van der Waals surface area contributed by atoms with Crippen LogP contribution in [0.3, 0.4) is 0 Å². The highest BCUT2D eigenvalue weighted by Crippen LogP contribution is 2.50. The zero-order valence-corrected chi connectivity index (χ0v) is 18.8. The van der Waals surface area contributed by atoms with Gasteiger partial charge in [-0.05, 0) is 80.0 Å². The van der Waals surface area contributed by atoms with Gasteiger partial charge in [-0.25, -0.2) is 9.97 Å². The van der Waals surface area contributed by atoms with Crippen molar-refractivity contribution in [2.75, 3.05) is 11.4 Å². The Labute approximate surface area is 193 Å². The van der Waals surface area contributed by atoms with Gasteiger partial charge in [0.25, 0.3) is 0 Å². The molecule has 33 heavy (non-hydrogen) atoms. The molecule has 166 valence electrons. The van der Waals surface area contributed by atoms with Crippen molar-refractivity contribution in [1.29, 1.82) is 0 Å². The van der Waals surface area contributed by atoms with Gasteiger partial charge < -0.3 is 4.90 Å². The molecule has 2 aliphatic carbocycles. The number of nitrogens with one attached hydrogen (secondary N) is 1. The van der Waals surface area contributed by atoms with Gasteiger partial charge in [0.2, 0.25) is 0 Å². The van der Waals surface area contributed by atoms with E-state index in [1.54, 1.807) is 11.1 Å². The second kappa shape index (κ2) is 7.37. The number of rotatable bonds is 2. The van der Waals surface area contributed by atoms with Crippen LogP contribution >= 0.6 is 0 Å². The maximum absolute atomic E-state index is 5.00. The Bertz CT molecular complexity index is 1310. The van der Waals surface area contributed by atoms with Crippen molar-refractivity contribution >= 4 is 22.7 Å². The zero-order chi connectivity index (χ0) is 21.8. The van der Waals surface area contributed by atoms with Gasteiger partial charge in [-0.2, -0.15) is 5.10 Å². The lowest BCUT2D eigenvalue weighted by atomic mass is 9.68. The maximum Gasteiger partial charge on any atom is 0.183 e. The summed E-state index contributed by atoms with van der Waals surface area (Å²) in [6.45, 7) is 0.926. The maximum atomic E-state index is 5.00. The molecule has 4 heterocycles. The molecular formula is C27H28N6. The van der Waals surface area contributed by atoms with Crippen LogP contribution in [0.4, 0.5) is 11.5 Å². The largest absolute Gasteiger partial charge is 0.321 e. The van der Waals surface area contributed by atoms with Gasteiger partial charge in [-0.3, -0.25) is 10.1 Å². The first kappa shape index (κ1) is 19.2. The molecule has 0 atom stereocenters. The molecule has 3 aromatic heterocycles. The summed E-state index contributed by atoms with van der Waals surface area (Å²) >= 11 is 0. The number of nitrogens with zero attached hydrogens (tertiary/aromatic N) is 5. The van der Waals surface area contributed by atoms with Crippen LogP contribution in [0.2, 0.25) is 0 Å². The summed E-state index contributed by atoms with van der Waals surface area (Å²) in [5, 5.41) is 7.80. The van der Waals surface area contributed by atoms with Crippen LogP contribution in [-0.2, 0) is 19.3 Å². The summed E-state index contributed by atoms with van der Waals surface area (Å²) in [6.07, 6.45) is 13.4. The normalized spacial score (nSPS) is 19.7. The third-order valence-corrected chi connectivity index (χ3v) is 8.19. The van der Waals surface area contributed by atoms with Crippen molar-refractivity contribution < 1.29 is 0 Å². The molecule has 1 N–H and O–H groups in total. The fourth-order valence-electron chi connectivity index (χ4n) is 6.45. The second-order valence-electron chi connectivity index (χ2n) is 10.2. The molecule has 6 heteroatoms. The summed E-state index contributed by atoms with van der Waals surface area (Å²) < 4.78 is 0. The lowest BCUT2D eigenvalue weighted by Crippen LogP contribution is -2.27. The van der Waals surface area contributed by atoms with E-state index in [4.69, 9.17) is 9.97 Å². The van der Waals surface area contributed by atoms with E-state index < -0.39 is 0 Å². The quantitative estimate of drug-likeness (QED) is 0.463. The first-order valence-electron chi connectivity index (χ1n) is 12.3. The number of fused-ring (bicyclic) bond motifs is 3. The van der Waals surface area contributed by atoms with Crippen LogP contribution < -0.4 is 4.90 Å². The Hall–Kier alpha value is -3.28. The van der Waals surface area contributed by atoms with Gasteiger partial charge >= 0.3 is 0 Å². The van der Waals surface area contributed by atoms with Crippen LogP contribution in [0.15, 0.2) is 48.8 Å². The van der Waals surface area contributed by atoms with Gasteiger partial charge in [0.1, 0.15) is 0 Å². The third kappa shape index (κ3) is 3.15. The average Bonchev–Trinajstić information content (AvgIpc) is 3.44. The Balaban J connectivity index is 1.12. The van der Waals surface area contributed by atoms with Crippen LogP contribution in [0.5, 0.6) is 0 Å². The standard InChI is InChI=1S/C27H28N6/c1-2-6-20-16-27(15-19(20)5-1)11-9-18(10-12-27)22-17-29-24-25(30-22)31-32-26(24)33-14-4-7-21-23(33)8-3-13-28-21/h1-3,5-6,8,13,17-18H,4,7,9-12,14-16H2,(H,30,31,32). The molecule has 6 nitrogen and oxygen atoms in total. The van der Waals surface area contributed by atoms with Crippen LogP contribution in [-0.4, -0.2) is 31.7 Å². The van der Waals surface area contributed by atoms with Gasteiger partial charge in [0.05, 0.1) is 17.1 Å². The molecule has 1 spiro atoms. The fraction of sp³-hybridized carbons (Fsp3) is 0.407. The van der Waals surface area contributed by atoms with Gasteiger partial charge in [0, 0.05) is 24.9 Å². The first-order valence-corrected chi connectivity index (χ1v) is 12.3. The topological polar surface area (TPSA) is 70.6 Å². The van der Waals surface area contributed by atoms with E-state index in [2.05, 4.69) is 50.4 Å². The number of anilines is 2. The average molecular weight is 437 g/mol. The number of pyridine rings is 1. The molecule has 7 rings (SSSR count). The van der Waals surface area contributed by atoms with Crippen molar-refractivity contribution in [1.82, 2.24) is 25.1 Å². The molecule has 3 aliphatic rings. The van der Waals surface area contributed by atoms with E-state index in [0.29, 0.717) is 11.3 Å². The van der Waals surface area contributed by atoms with E-state index in [0.717, 1.165) is 53.4 Å². The molecule has 0 bridgehead atoms. The Morgan fingerprint density at radius 1 is 0.970 bits per heavy atom. The fourth-order valence-corrected chi connectivity index (χ4v) is 6.45.